The molecule has 1 atom stereocenters. The number of hydrogen-bond acceptors (Lipinski definition) is 5. The summed E-state index contributed by atoms with van der Waals surface area (Å²) in [6.07, 6.45) is 0.920. The second-order valence-electron chi connectivity index (χ2n) is 6.52. The van der Waals surface area contributed by atoms with Crippen molar-refractivity contribution in [3.8, 4) is 11.3 Å². The number of benzene rings is 2. The van der Waals surface area contributed by atoms with Crippen molar-refractivity contribution >= 4 is 22.9 Å². The highest BCUT2D eigenvalue weighted by atomic mass is 16.3. The maximum atomic E-state index is 12.9. The Hall–Kier alpha value is -2.92. The van der Waals surface area contributed by atoms with E-state index in [0.717, 1.165) is 16.7 Å². The summed E-state index contributed by atoms with van der Waals surface area (Å²) in [6.45, 7) is 5.30. The van der Waals surface area contributed by atoms with Crippen LogP contribution in [0.15, 0.2) is 44.5 Å². The van der Waals surface area contributed by atoms with Crippen LogP contribution in [0, 0.1) is 13.8 Å². The van der Waals surface area contributed by atoms with Gasteiger partial charge in [-0.1, -0.05) is 0 Å². The lowest BCUT2D eigenvalue weighted by molar-refractivity contribution is 0.199. The van der Waals surface area contributed by atoms with Crippen molar-refractivity contribution in [2.45, 2.75) is 26.9 Å². The highest BCUT2D eigenvalue weighted by Gasteiger charge is 2.18. The number of nitrogens with zero attached hydrogens (tertiary/aromatic N) is 1. The monoisotopic (exact) mass is 350 g/mol. The predicted octanol–water partition coefficient (Wildman–Crippen LogP) is 3.76. The maximum Gasteiger partial charge on any atom is 0.196 e. The van der Waals surface area contributed by atoms with Gasteiger partial charge in [-0.2, -0.15) is 0 Å². The first-order valence-electron chi connectivity index (χ1n) is 8.41. The number of aliphatic imine (C=N–C) groups is 1. The standard InChI is InChI=1S/C21H22N2O3/c1-11-7-16(13(3)24)21-17(8-11)19(25)12(2)20(26-21)14-5-6-18(22)15(9-14)10-23-4/h5-10,13,24H,22H2,1-4H3. The van der Waals surface area contributed by atoms with Crippen molar-refractivity contribution in [2.24, 2.45) is 4.99 Å². The first kappa shape index (κ1) is 17.9. The second-order valence-corrected chi connectivity index (χ2v) is 6.52. The fourth-order valence-electron chi connectivity index (χ4n) is 3.12. The van der Waals surface area contributed by atoms with Crippen LogP contribution in [0.5, 0.6) is 0 Å². The molecular weight excluding hydrogens is 328 g/mol. The van der Waals surface area contributed by atoms with E-state index in [2.05, 4.69) is 4.99 Å². The molecule has 3 N–H and O–H groups in total. The minimum atomic E-state index is -0.745. The molecule has 0 fully saturated rings. The van der Waals surface area contributed by atoms with Crippen LogP contribution in [0.2, 0.25) is 0 Å². The molecule has 0 saturated heterocycles. The average molecular weight is 350 g/mol. The van der Waals surface area contributed by atoms with Gasteiger partial charge in [-0.15, -0.1) is 0 Å². The van der Waals surface area contributed by atoms with Crippen molar-refractivity contribution in [1.29, 1.82) is 0 Å². The molecule has 0 amide bonds. The van der Waals surface area contributed by atoms with Crippen molar-refractivity contribution in [2.75, 3.05) is 12.8 Å². The van der Waals surface area contributed by atoms with Crippen molar-refractivity contribution in [1.82, 2.24) is 0 Å². The zero-order valence-electron chi connectivity index (χ0n) is 15.3. The molecule has 1 unspecified atom stereocenters. The van der Waals surface area contributed by atoms with Gasteiger partial charge in [-0.05, 0) is 56.7 Å². The number of rotatable bonds is 3. The molecule has 0 spiro atoms. The Morgan fingerprint density at radius 1 is 1.23 bits per heavy atom. The van der Waals surface area contributed by atoms with Gasteiger partial charge in [-0.25, -0.2) is 0 Å². The zero-order chi connectivity index (χ0) is 19.0. The Bertz CT molecular complexity index is 1080. The van der Waals surface area contributed by atoms with Crippen LogP contribution in [0.1, 0.15) is 35.3 Å². The Morgan fingerprint density at radius 3 is 2.62 bits per heavy atom. The van der Waals surface area contributed by atoms with E-state index in [4.69, 9.17) is 10.2 Å². The smallest absolute Gasteiger partial charge is 0.196 e. The molecule has 134 valence electrons. The lowest BCUT2D eigenvalue weighted by Gasteiger charge is -2.13. The molecule has 0 saturated carbocycles. The molecule has 0 aliphatic heterocycles. The number of nitrogens with two attached hydrogens (primary N) is 1. The van der Waals surface area contributed by atoms with Crippen LogP contribution < -0.4 is 11.2 Å². The van der Waals surface area contributed by atoms with Gasteiger partial charge in [0.05, 0.1) is 11.5 Å². The fourth-order valence-corrected chi connectivity index (χ4v) is 3.12. The number of aliphatic hydroxyl groups is 1. The van der Waals surface area contributed by atoms with Crippen LogP contribution in [-0.2, 0) is 0 Å². The van der Waals surface area contributed by atoms with E-state index in [0.29, 0.717) is 33.5 Å². The van der Waals surface area contributed by atoms with Crippen LogP contribution in [0.4, 0.5) is 5.69 Å². The number of hydrogen-bond donors (Lipinski definition) is 2. The summed E-state index contributed by atoms with van der Waals surface area (Å²) < 4.78 is 6.13. The minimum absolute atomic E-state index is 0.102. The normalized spacial score (nSPS) is 12.8. The van der Waals surface area contributed by atoms with Gasteiger partial charge in [0.25, 0.3) is 0 Å². The molecule has 0 aliphatic carbocycles. The summed E-state index contributed by atoms with van der Waals surface area (Å²) in [6, 6.07) is 9.06. The minimum Gasteiger partial charge on any atom is -0.455 e. The van der Waals surface area contributed by atoms with Gasteiger partial charge < -0.3 is 15.3 Å². The van der Waals surface area contributed by atoms with E-state index in [1.54, 1.807) is 39.2 Å². The number of anilines is 1. The third-order valence-corrected chi connectivity index (χ3v) is 4.46. The molecule has 2 aromatic carbocycles. The molecule has 1 heterocycles. The average Bonchev–Trinajstić information content (AvgIpc) is 2.60. The molecule has 0 bridgehead atoms. The first-order chi connectivity index (χ1) is 12.3. The molecule has 0 aliphatic rings. The molecule has 3 rings (SSSR count). The summed E-state index contributed by atoms with van der Waals surface area (Å²) in [5.41, 5.74) is 10.4. The van der Waals surface area contributed by atoms with E-state index in [1.165, 1.54) is 0 Å². The summed E-state index contributed by atoms with van der Waals surface area (Å²) in [4.78, 5) is 16.9. The van der Waals surface area contributed by atoms with Gasteiger partial charge in [0.15, 0.2) is 5.43 Å². The van der Waals surface area contributed by atoms with Crippen molar-refractivity contribution < 1.29 is 9.52 Å². The number of nitrogen functional groups attached to an aromatic ring is 1. The van der Waals surface area contributed by atoms with E-state index in [9.17, 15) is 9.90 Å². The van der Waals surface area contributed by atoms with E-state index in [-0.39, 0.29) is 5.43 Å². The Labute approximate surface area is 151 Å². The predicted molar refractivity (Wildman–Crippen MR) is 106 cm³/mol. The lowest BCUT2D eigenvalue weighted by Crippen LogP contribution is -2.09. The van der Waals surface area contributed by atoms with E-state index >= 15 is 0 Å². The van der Waals surface area contributed by atoms with Crippen molar-refractivity contribution in [3.05, 3.63) is 62.8 Å². The number of fused-ring (bicyclic) bond motifs is 1. The first-order valence-corrected chi connectivity index (χ1v) is 8.41. The largest absolute Gasteiger partial charge is 0.455 e. The SMILES string of the molecule is CN=Cc1cc(-c2oc3c(C(C)O)cc(C)cc3c(=O)c2C)ccc1N. The second kappa shape index (κ2) is 6.77. The summed E-state index contributed by atoms with van der Waals surface area (Å²) >= 11 is 0. The Kier molecular flexibility index (Phi) is 4.66. The van der Waals surface area contributed by atoms with Crippen LogP contribution >= 0.6 is 0 Å². The quantitative estimate of drug-likeness (QED) is 0.556. The van der Waals surface area contributed by atoms with Crippen LogP contribution in [0.25, 0.3) is 22.3 Å². The molecule has 1 aromatic heterocycles. The number of aryl methyl sites for hydroxylation is 1. The van der Waals surface area contributed by atoms with Gasteiger partial charge in [0, 0.05) is 41.2 Å². The summed E-state index contributed by atoms with van der Waals surface area (Å²) in [7, 11) is 1.67. The lowest BCUT2D eigenvalue weighted by atomic mass is 9.99. The summed E-state index contributed by atoms with van der Waals surface area (Å²) in [5.74, 6) is 0.471. The fraction of sp³-hybridized carbons (Fsp3) is 0.238. The molecule has 0 radical (unpaired) electrons. The third kappa shape index (κ3) is 3.02. The van der Waals surface area contributed by atoms with Crippen LogP contribution in [-0.4, -0.2) is 18.4 Å². The Morgan fingerprint density at radius 2 is 1.96 bits per heavy atom. The molecule has 26 heavy (non-hydrogen) atoms. The molecular formula is C21H22N2O3. The van der Waals surface area contributed by atoms with Gasteiger partial charge in [-0.3, -0.25) is 9.79 Å². The highest BCUT2D eigenvalue weighted by Crippen LogP contribution is 2.31. The topological polar surface area (TPSA) is 88.8 Å². The summed E-state index contributed by atoms with van der Waals surface area (Å²) in [5, 5.41) is 10.6. The number of aliphatic hydroxyl groups excluding tert-OH is 1. The molecule has 5 heteroatoms. The molecule has 5 nitrogen and oxygen atoms in total. The zero-order valence-corrected chi connectivity index (χ0v) is 15.3. The molecule has 3 aromatic rings. The Balaban J connectivity index is 2.36. The van der Waals surface area contributed by atoms with Gasteiger partial charge >= 0.3 is 0 Å². The highest BCUT2D eigenvalue weighted by molar-refractivity contribution is 5.90. The third-order valence-electron chi connectivity index (χ3n) is 4.46. The van der Waals surface area contributed by atoms with Crippen molar-refractivity contribution in [3.63, 3.8) is 0 Å². The van der Waals surface area contributed by atoms with Crippen LogP contribution in [0.3, 0.4) is 0 Å². The van der Waals surface area contributed by atoms with E-state index < -0.39 is 6.10 Å². The van der Waals surface area contributed by atoms with Gasteiger partial charge in [0.2, 0.25) is 0 Å². The van der Waals surface area contributed by atoms with Gasteiger partial charge in [0.1, 0.15) is 11.3 Å². The van der Waals surface area contributed by atoms with E-state index in [1.807, 2.05) is 25.1 Å². The maximum absolute atomic E-state index is 12.9.